The van der Waals surface area contributed by atoms with Crippen LogP contribution in [0.1, 0.15) is 5.56 Å². The van der Waals surface area contributed by atoms with Crippen molar-refractivity contribution in [2.75, 3.05) is 18.1 Å². The Morgan fingerprint density at radius 3 is 2.61 bits per heavy atom. The van der Waals surface area contributed by atoms with Gasteiger partial charge in [-0.15, -0.1) is 11.8 Å². The molecule has 0 unspecified atom stereocenters. The Labute approximate surface area is 112 Å². The fourth-order valence-corrected chi connectivity index (χ4v) is 2.41. The van der Waals surface area contributed by atoms with Gasteiger partial charge in [-0.1, -0.05) is 18.2 Å². The summed E-state index contributed by atoms with van der Waals surface area (Å²) >= 11 is 1.80. The van der Waals surface area contributed by atoms with Gasteiger partial charge in [-0.3, -0.25) is 0 Å². The van der Waals surface area contributed by atoms with Gasteiger partial charge in [0.2, 0.25) is 0 Å². The average Bonchev–Trinajstić information content (AvgIpc) is 2.38. The first kappa shape index (κ1) is 12.8. The van der Waals surface area contributed by atoms with E-state index in [9.17, 15) is 0 Å². The zero-order chi connectivity index (χ0) is 12.8. The molecule has 0 aliphatic carbocycles. The van der Waals surface area contributed by atoms with Gasteiger partial charge >= 0.3 is 0 Å². The van der Waals surface area contributed by atoms with Crippen molar-refractivity contribution in [3.05, 3.63) is 54.1 Å². The van der Waals surface area contributed by atoms with Crippen molar-refractivity contribution in [3.8, 4) is 5.75 Å². The molecule has 0 bridgehead atoms. The Kier molecular flexibility index (Phi) is 4.53. The molecule has 2 aromatic rings. The Morgan fingerprint density at radius 2 is 1.89 bits per heavy atom. The first-order valence-electron chi connectivity index (χ1n) is 5.92. The van der Waals surface area contributed by atoms with Crippen molar-refractivity contribution in [2.24, 2.45) is 0 Å². The third-order valence-corrected chi connectivity index (χ3v) is 3.53. The minimum Gasteiger partial charge on any atom is -0.492 e. The molecule has 0 atom stereocenters. The molecule has 0 amide bonds. The molecule has 94 valence electrons. The molecule has 0 heterocycles. The Morgan fingerprint density at radius 1 is 1.11 bits per heavy atom. The summed E-state index contributed by atoms with van der Waals surface area (Å²) in [5.74, 6) is 1.85. The maximum absolute atomic E-state index is 5.74. The van der Waals surface area contributed by atoms with Gasteiger partial charge < -0.3 is 10.5 Å². The quantitative estimate of drug-likeness (QED) is 0.504. The first-order chi connectivity index (χ1) is 8.75. The molecule has 0 aliphatic heterocycles. The molecular weight excluding hydrogens is 242 g/mol. The smallest absolute Gasteiger partial charge is 0.122 e. The van der Waals surface area contributed by atoms with Crippen LogP contribution in [0.15, 0.2) is 53.4 Å². The van der Waals surface area contributed by atoms with Gasteiger partial charge in [0.1, 0.15) is 5.75 Å². The highest BCUT2D eigenvalue weighted by molar-refractivity contribution is 7.99. The van der Waals surface area contributed by atoms with Crippen LogP contribution in [0.5, 0.6) is 5.75 Å². The van der Waals surface area contributed by atoms with Gasteiger partial charge in [-0.25, -0.2) is 0 Å². The van der Waals surface area contributed by atoms with E-state index in [1.807, 2.05) is 43.3 Å². The molecule has 3 heteroatoms. The van der Waals surface area contributed by atoms with E-state index in [1.54, 1.807) is 11.8 Å². The number of rotatable bonds is 5. The van der Waals surface area contributed by atoms with Crippen LogP contribution >= 0.6 is 11.8 Å². The van der Waals surface area contributed by atoms with Gasteiger partial charge in [-0.05, 0) is 42.8 Å². The number of aryl methyl sites for hydroxylation is 1. The van der Waals surface area contributed by atoms with E-state index in [0.29, 0.717) is 6.61 Å². The highest BCUT2D eigenvalue weighted by Gasteiger charge is 2.00. The van der Waals surface area contributed by atoms with Crippen molar-refractivity contribution in [2.45, 2.75) is 11.8 Å². The number of hydrogen-bond donors (Lipinski definition) is 1. The second-order valence-electron chi connectivity index (χ2n) is 4.03. The molecule has 18 heavy (non-hydrogen) atoms. The summed E-state index contributed by atoms with van der Waals surface area (Å²) in [7, 11) is 0. The second kappa shape index (κ2) is 6.36. The van der Waals surface area contributed by atoms with E-state index >= 15 is 0 Å². The van der Waals surface area contributed by atoms with Crippen LogP contribution in [0.2, 0.25) is 0 Å². The maximum atomic E-state index is 5.74. The summed E-state index contributed by atoms with van der Waals surface area (Å²) in [6, 6.07) is 16.1. The number of thioether (sulfide) groups is 1. The minimum atomic E-state index is 0.699. The predicted octanol–water partition coefficient (Wildman–Crippen LogP) is 3.75. The highest BCUT2D eigenvalue weighted by Crippen LogP contribution is 2.21. The zero-order valence-corrected chi connectivity index (χ0v) is 11.2. The molecule has 0 fully saturated rings. The van der Waals surface area contributed by atoms with Crippen LogP contribution in [-0.4, -0.2) is 12.4 Å². The van der Waals surface area contributed by atoms with Crippen molar-refractivity contribution in [1.29, 1.82) is 0 Å². The standard InChI is InChI=1S/C15H17NOS/c1-12-11-13(16)7-8-15(12)17-9-10-18-14-5-3-2-4-6-14/h2-8,11H,9-10,16H2,1H3. The van der Waals surface area contributed by atoms with Crippen LogP contribution in [0.25, 0.3) is 0 Å². The highest BCUT2D eigenvalue weighted by atomic mass is 32.2. The maximum Gasteiger partial charge on any atom is 0.122 e. The van der Waals surface area contributed by atoms with E-state index in [0.717, 1.165) is 22.8 Å². The normalized spacial score (nSPS) is 10.3. The fourth-order valence-electron chi connectivity index (χ4n) is 1.66. The van der Waals surface area contributed by atoms with E-state index in [2.05, 4.69) is 12.1 Å². The monoisotopic (exact) mass is 259 g/mol. The molecule has 0 saturated heterocycles. The van der Waals surface area contributed by atoms with E-state index < -0.39 is 0 Å². The lowest BCUT2D eigenvalue weighted by Crippen LogP contribution is -2.01. The SMILES string of the molecule is Cc1cc(N)ccc1OCCSc1ccccc1. The fraction of sp³-hybridized carbons (Fsp3) is 0.200. The number of nitrogens with two attached hydrogens (primary N) is 1. The second-order valence-corrected chi connectivity index (χ2v) is 5.20. The molecule has 0 aromatic heterocycles. The molecule has 2 N–H and O–H groups in total. The van der Waals surface area contributed by atoms with Gasteiger partial charge in [0.25, 0.3) is 0 Å². The molecule has 0 aliphatic rings. The summed E-state index contributed by atoms with van der Waals surface area (Å²) in [6.07, 6.45) is 0. The summed E-state index contributed by atoms with van der Waals surface area (Å²) < 4.78 is 5.74. The Balaban J connectivity index is 1.79. The van der Waals surface area contributed by atoms with Crippen molar-refractivity contribution >= 4 is 17.4 Å². The van der Waals surface area contributed by atoms with Crippen molar-refractivity contribution in [1.82, 2.24) is 0 Å². The molecule has 2 aromatic carbocycles. The summed E-state index contributed by atoms with van der Waals surface area (Å²) in [6.45, 7) is 2.71. The number of benzene rings is 2. The summed E-state index contributed by atoms with van der Waals surface area (Å²) in [5, 5.41) is 0. The largest absolute Gasteiger partial charge is 0.492 e. The van der Waals surface area contributed by atoms with Crippen LogP contribution < -0.4 is 10.5 Å². The molecule has 0 saturated carbocycles. The van der Waals surface area contributed by atoms with Crippen LogP contribution in [0.4, 0.5) is 5.69 Å². The molecular formula is C15H17NOS. The van der Waals surface area contributed by atoms with Crippen molar-refractivity contribution in [3.63, 3.8) is 0 Å². The summed E-state index contributed by atoms with van der Waals surface area (Å²) in [5.41, 5.74) is 7.56. The van der Waals surface area contributed by atoms with Crippen LogP contribution in [-0.2, 0) is 0 Å². The minimum absolute atomic E-state index is 0.699. The predicted molar refractivity (Wildman–Crippen MR) is 78.3 cm³/mol. The van der Waals surface area contributed by atoms with Crippen molar-refractivity contribution < 1.29 is 4.74 Å². The number of anilines is 1. The van der Waals surface area contributed by atoms with Gasteiger partial charge in [0.05, 0.1) is 6.61 Å². The lowest BCUT2D eigenvalue weighted by molar-refractivity contribution is 0.341. The molecule has 0 spiro atoms. The van der Waals surface area contributed by atoms with Gasteiger partial charge in [0.15, 0.2) is 0 Å². The Hall–Kier alpha value is -1.61. The van der Waals surface area contributed by atoms with Crippen LogP contribution in [0.3, 0.4) is 0 Å². The summed E-state index contributed by atoms with van der Waals surface area (Å²) in [4.78, 5) is 1.27. The number of hydrogen-bond acceptors (Lipinski definition) is 3. The lowest BCUT2D eigenvalue weighted by Gasteiger charge is -2.09. The van der Waals surface area contributed by atoms with E-state index in [-0.39, 0.29) is 0 Å². The Bertz CT molecular complexity index is 499. The molecule has 2 rings (SSSR count). The van der Waals surface area contributed by atoms with Gasteiger partial charge in [-0.2, -0.15) is 0 Å². The van der Waals surface area contributed by atoms with E-state index in [1.165, 1.54) is 4.90 Å². The molecule has 2 nitrogen and oxygen atoms in total. The van der Waals surface area contributed by atoms with E-state index in [4.69, 9.17) is 10.5 Å². The third kappa shape index (κ3) is 3.70. The lowest BCUT2D eigenvalue weighted by atomic mass is 10.2. The average molecular weight is 259 g/mol. The zero-order valence-electron chi connectivity index (χ0n) is 10.4. The number of ether oxygens (including phenoxy) is 1. The third-order valence-electron chi connectivity index (χ3n) is 2.55. The number of nitrogen functional groups attached to an aromatic ring is 1. The first-order valence-corrected chi connectivity index (χ1v) is 6.91. The van der Waals surface area contributed by atoms with Gasteiger partial charge in [0, 0.05) is 16.3 Å². The molecule has 0 radical (unpaired) electrons. The topological polar surface area (TPSA) is 35.2 Å². The van der Waals surface area contributed by atoms with Crippen LogP contribution in [0, 0.1) is 6.92 Å².